The number of hydrogen-bond acceptors (Lipinski definition) is 4. The van der Waals surface area contributed by atoms with E-state index in [4.69, 9.17) is 4.74 Å². The first-order valence-electron chi connectivity index (χ1n) is 8.85. The van der Waals surface area contributed by atoms with E-state index in [1.54, 1.807) is 31.2 Å². The normalized spacial score (nSPS) is 11.6. The number of urea groups is 1. The highest BCUT2D eigenvalue weighted by Crippen LogP contribution is 2.22. The van der Waals surface area contributed by atoms with Gasteiger partial charge in [0, 0.05) is 27.8 Å². The first kappa shape index (κ1) is 19.2. The lowest BCUT2D eigenvalue weighted by molar-refractivity contribution is -0.144. The minimum Gasteiger partial charge on any atom is -0.456 e. The molecule has 0 spiro atoms. The van der Waals surface area contributed by atoms with Gasteiger partial charge in [-0.25, -0.2) is 9.59 Å². The molecular weight excluding hydrogens is 358 g/mol. The number of esters is 1. The standard InChI is InChI=1S/C21H21N3O4/c1-13-19(16-10-6-7-11-17(16)22-13)18(25)12-28-20(26)14(2)23-21(27)24-15-8-4-3-5-9-15/h3-11,14,22H,12H2,1-2H3,(H2,23,24,27)/t14-/m0/s1. The Morgan fingerprint density at radius 1 is 1.04 bits per heavy atom. The summed E-state index contributed by atoms with van der Waals surface area (Å²) in [4.78, 5) is 39.7. The zero-order chi connectivity index (χ0) is 20.1. The summed E-state index contributed by atoms with van der Waals surface area (Å²) >= 11 is 0. The molecule has 1 aromatic heterocycles. The third-order valence-corrected chi connectivity index (χ3v) is 4.25. The van der Waals surface area contributed by atoms with Gasteiger partial charge in [0.15, 0.2) is 6.61 Å². The molecule has 0 unspecified atom stereocenters. The minimum absolute atomic E-state index is 0.302. The van der Waals surface area contributed by atoms with Crippen LogP contribution in [0.4, 0.5) is 10.5 Å². The summed E-state index contributed by atoms with van der Waals surface area (Å²) in [7, 11) is 0. The number of carbonyl (C=O) groups is 3. The average Bonchev–Trinajstić information content (AvgIpc) is 3.02. The molecule has 0 radical (unpaired) electrons. The number of Topliss-reactive ketones (excluding diaryl/α,β-unsaturated/α-hetero) is 1. The van der Waals surface area contributed by atoms with Crippen LogP contribution in [0.25, 0.3) is 10.9 Å². The molecule has 7 heteroatoms. The predicted octanol–water partition coefficient (Wildman–Crippen LogP) is 3.41. The number of carbonyl (C=O) groups excluding carboxylic acids is 3. The van der Waals surface area contributed by atoms with Gasteiger partial charge in [-0.05, 0) is 32.0 Å². The lowest BCUT2D eigenvalue weighted by Crippen LogP contribution is -2.42. The molecular formula is C21H21N3O4. The van der Waals surface area contributed by atoms with Gasteiger partial charge in [-0.3, -0.25) is 4.79 Å². The third kappa shape index (κ3) is 4.37. The summed E-state index contributed by atoms with van der Waals surface area (Å²) < 4.78 is 5.10. The van der Waals surface area contributed by atoms with Crippen molar-refractivity contribution in [3.05, 3.63) is 65.9 Å². The molecule has 1 heterocycles. The Bertz CT molecular complexity index is 1010. The number of ketones is 1. The number of hydrogen-bond donors (Lipinski definition) is 3. The Morgan fingerprint density at radius 2 is 1.71 bits per heavy atom. The van der Waals surface area contributed by atoms with E-state index in [1.165, 1.54) is 6.92 Å². The number of ether oxygens (including phenoxy) is 1. The average molecular weight is 379 g/mol. The number of para-hydroxylation sites is 2. The van der Waals surface area contributed by atoms with Gasteiger partial charge in [-0.15, -0.1) is 0 Å². The number of rotatable bonds is 6. The van der Waals surface area contributed by atoms with Gasteiger partial charge in [0.05, 0.1) is 0 Å². The van der Waals surface area contributed by atoms with Crippen molar-refractivity contribution in [3.8, 4) is 0 Å². The Kier molecular flexibility index (Phi) is 5.74. The van der Waals surface area contributed by atoms with Crippen LogP contribution in [0.5, 0.6) is 0 Å². The van der Waals surface area contributed by atoms with Crippen LogP contribution in [0, 0.1) is 6.92 Å². The van der Waals surface area contributed by atoms with E-state index in [2.05, 4.69) is 15.6 Å². The van der Waals surface area contributed by atoms with Crippen molar-refractivity contribution in [1.29, 1.82) is 0 Å². The van der Waals surface area contributed by atoms with Crippen molar-refractivity contribution < 1.29 is 19.1 Å². The summed E-state index contributed by atoms with van der Waals surface area (Å²) in [5.74, 6) is -0.988. The highest BCUT2D eigenvalue weighted by atomic mass is 16.5. The molecule has 2 amide bonds. The van der Waals surface area contributed by atoms with Gasteiger partial charge < -0.3 is 20.4 Å². The van der Waals surface area contributed by atoms with Crippen LogP contribution in [0.15, 0.2) is 54.6 Å². The van der Waals surface area contributed by atoms with Crippen molar-refractivity contribution in [2.24, 2.45) is 0 Å². The Labute approximate surface area is 162 Å². The number of nitrogens with one attached hydrogen (secondary N) is 3. The molecule has 0 bridgehead atoms. The predicted molar refractivity (Wildman–Crippen MR) is 106 cm³/mol. The molecule has 2 aromatic carbocycles. The SMILES string of the molecule is Cc1[nH]c2ccccc2c1C(=O)COC(=O)[C@H](C)NC(=O)Nc1ccccc1. The summed E-state index contributed by atoms with van der Waals surface area (Å²) in [6.45, 7) is 2.90. The molecule has 0 aliphatic rings. The molecule has 3 rings (SSSR count). The summed E-state index contributed by atoms with van der Waals surface area (Å²) in [5, 5.41) is 5.89. The topological polar surface area (TPSA) is 100 Å². The number of amides is 2. The maximum atomic E-state index is 12.5. The number of aromatic nitrogens is 1. The second-order valence-corrected chi connectivity index (χ2v) is 6.39. The molecule has 0 saturated carbocycles. The van der Waals surface area contributed by atoms with Crippen LogP contribution in [0.1, 0.15) is 23.0 Å². The van der Waals surface area contributed by atoms with Gasteiger partial charge in [0.1, 0.15) is 6.04 Å². The molecule has 0 fully saturated rings. The fourth-order valence-electron chi connectivity index (χ4n) is 2.91. The van der Waals surface area contributed by atoms with E-state index < -0.39 is 24.6 Å². The minimum atomic E-state index is -0.902. The lowest BCUT2D eigenvalue weighted by atomic mass is 10.1. The third-order valence-electron chi connectivity index (χ3n) is 4.25. The van der Waals surface area contributed by atoms with Crippen molar-refractivity contribution in [2.45, 2.75) is 19.9 Å². The molecule has 0 aliphatic carbocycles. The van der Waals surface area contributed by atoms with Gasteiger partial charge >= 0.3 is 12.0 Å². The number of aryl methyl sites for hydroxylation is 1. The quantitative estimate of drug-likeness (QED) is 0.451. The lowest BCUT2D eigenvalue weighted by Gasteiger charge is -2.14. The van der Waals surface area contributed by atoms with Gasteiger partial charge in [0.2, 0.25) is 5.78 Å². The van der Waals surface area contributed by atoms with Crippen LogP contribution in [0.3, 0.4) is 0 Å². The molecule has 3 N–H and O–H groups in total. The van der Waals surface area contributed by atoms with E-state index in [1.807, 2.05) is 30.3 Å². The second-order valence-electron chi connectivity index (χ2n) is 6.39. The molecule has 1 atom stereocenters. The number of fused-ring (bicyclic) bond motifs is 1. The zero-order valence-electron chi connectivity index (χ0n) is 15.6. The van der Waals surface area contributed by atoms with Gasteiger partial charge in [0.25, 0.3) is 0 Å². The number of H-pyrrole nitrogens is 1. The Hall–Kier alpha value is -3.61. The number of aromatic amines is 1. The highest BCUT2D eigenvalue weighted by Gasteiger charge is 2.21. The summed E-state index contributed by atoms with van der Waals surface area (Å²) in [6, 6.07) is 14.8. The van der Waals surface area contributed by atoms with Crippen LogP contribution < -0.4 is 10.6 Å². The highest BCUT2D eigenvalue weighted by molar-refractivity contribution is 6.10. The molecule has 144 valence electrons. The smallest absolute Gasteiger partial charge is 0.328 e. The van der Waals surface area contributed by atoms with Crippen LogP contribution in [-0.4, -0.2) is 35.4 Å². The molecule has 0 aliphatic heterocycles. The fraction of sp³-hybridized carbons (Fsp3) is 0.190. The van der Waals surface area contributed by atoms with Crippen molar-refractivity contribution >= 4 is 34.4 Å². The number of anilines is 1. The fourth-order valence-corrected chi connectivity index (χ4v) is 2.91. The molecule has 7 nitrogen and oxygen atoms in total. The molecule has 0 saturated heterocycles. The van der Waals surface area contributed by atoms with Crippen molar-refractivity contribution in [2.75, 3.05) is 11.9 Å². The molecule has 28 heavy (non-hydrogen) atoms. The zero-order valence-corrected chi connectivity index (χ0v) is 15.6. The second kappa shape index (κ2) is 8.39. The maximum absolute atomic E-state index is 12.5. The summed E-state index contributed by atoms with van der Waals surface area (Å²) in [6.07, 6.45) is 0. The van der Waals surface area contributed by atoms with Crippen molar-refractivity contribution in [1.82, 2.24) is 10.3 Å². The first-order valence-corrected chi connectivity index (χ1v) is 8.85. The Morgan fingerprint density at radius 3 is 2.46 bits per heavy atom. The largest absolute Gasteiger partial charge is 0.456 e. The maximum Gasteiger partial charge on any atom is 0.328 e. The van der Waals surface area contributed by atoms with E-state index >= 15 is 0 Å². The van der Waals surface area contributed by atoms with E-state index in [9.17, 15) is 14.4 Å². The van der Waals surface area contributed by atoms with Crippen LogP contribution in [-0.2, 0) is 9.53 Å². The monoisotopic (exact) mass is 379 g/mol. The van der Waals surface area contributed by atoms with E-state index in [-0.39, 0.29) is 5.78 Å². The van der Waals surface area contributed by atoms with Gasteiger partial charge in [-0.1, -0.05) is 36.4 Å². The van der Waals surface area contributed by atoms with Crippen LogP contribution >= 0.6 is 0 Å². The van der Waals surface area contributed by atoms with Crippen molar-refractivity contribution in [3.63, 3.8) is 0 Å². The van der Waals surface area contributed by atoms with Gasteiger partial charge in [-0.2, -0.15) is 0 Å². The van der Waals surface area contributed by atoms with E-state index in [0.717, 1.165) is 16.6 Å². The molecule has 3 aromatic rings. The Balaban J connectivity index is 1.55. The van der Waals surface area contributed by atoms with Crippen LogP contribution in [0.2, 0.25) is 0 Å². The van der Waals surface area contributed by atoms with E-state index in [0.29, 0.717) is 11.3 Å². The summed E-state index contributed by atoms with van der Waals surface area (Å²) in [5.41, 5.74) is 2.68. The number of benzene rings is 2. The first-order chi connectivity index (χ1) is 13.5.